The lowest BCUT2D eigenvalue weighted by atomic mass is 10.1. The van der Waals surface area contributed by atoms with Gasteiger partial charge in [-0.25, -0.2) is 0 Å². The minimum atomic E-state index is 0.545. The van der Waals surface area contributed by atoms with E-state index in [1.54, 1.807) is 0 Å². The average molecular weight is 217 g/mol. The molecule has 1 aromatic heterocycles. The predicted octanol–water partition coefficient (Wildman–Crippen LogP) is 4.96. The number of thiophene rings is 1. The molecule has 13 heavy (non-hydrogen) atoms. The zero-order valence-corrected chi connectivity index (χ0v) is 10.5. The van der Waals surface area contributed by atoms with E-state index in [9.17, 15) is 0 Å². The molecule has 0 spiro atoms. The lowest BCUT2D eigenvalue weighted by molar-refractivity contribution is 0.881. The van der Waals surface area contributed by atoms with Gasteiger partial charge in [0, 0.05) is 9.75 Å². The molecule has 0 aromatic carbocycles. The maximum absolute atomic E-state index is 6.26. The molecule has 1 rings (SSSR count). The largest absolute Gasteiger partial charge is 0.143 e. The van der Waals surface area contributed by atoms with Crippen LogP contribution in [0.3, 0.4) is 0 Å². The first kappa shape index (κ1) is 11.1. The van der Waals surface area contributed by atoms with Crippen molar-refractivity contribution >= 4 is 22.9 Å². The van der Waals surface area contributed by atoms with Crippen LogP contribution in [-0.4, -0.2) is 0 Å². The van der Waals surface area contributed by atoms with Gasteiger partial charge in [0.1, 0.15) is 0 Å². The van der Waals surface area contributed by atoms with Gasteiger partial charge in [-0.1, -0.05) is 39.3 Å². The Kier molecular flexibility index (Phi) is 3.42. The molecular weight excluding hydrogens is 200 g/mol. The van der Waals surface area contributed by atoms with Crippen LogP contribution < -0.4 is 0 Å². The summed E-state index contributed by atoms with van der Waals surface area (Å²) in [6, 6.07) is 0. The first-order valence-electron chi connectivity index (χ1n) is 4.73. The molecule has 0 saturated carbocycles. The summed E-state index contributed by atoms with van der Waals surface area (Å²) in [6.07, 6.45) is 0. The Morgan fingerprint density at radius 2 is 1.46 bits per heavy atom. The second-order valence-corrected chi connectivity index (χ2v) is 5.54. The molecule has 0 saturated heterocycles. The van der Waals surface area contributed by atoms with E-state index >= 15 is 0 Å². The molecule has 0 aliphatic carbocycles. The van der Waals surface area contributed by atoms with Gasteiger partial charge in [0.2, 0.25) is 0 Å². The van der Waals surface area contributed by atoms with Gasteiger partial charge in [-0.15, -0.1) is 11.3 Å². The van der Waals surface area contributed by atoms with Crippen LogP contribution in [-0.2, 0) is 0 Å². The Labute approximate surface area is 89.9 Å². The number of hydrogen-bond donors (Lipinski definition) is 0. The molecule has 1 aromatic rings. The molecule has 0 aliphatic rings. The van der Waals surface area contributed by atoms with Crippen LogP contribution in [0.5, 0.6) is 0 Å². The number of hydrogen-bond acceptors (Lipinski definition) is 1. The van der Waals surface area contributed by atoms with Gasteiger partial charge in [-0.2, -0.15) is 0 Å². The van der Waals surface area contributed by atoms with Crippen LogP contribution in [0, 0.1) is 6.92 Å². The first-order valence-corrected chi connectivity index (χ1v) is 5.93. The summed E-state index contributed by atoms with van der Waals surface area (Å²) < 4.78 is 0. The van der Waals surface area contributed by atoms with Gasteiger partial charge >= 0.3 is 0 Å². The molecule has 0 atom stereocenters. The van der Waals surface area contributed by atoms with Crippen LogP contribution in [0.25, 0.3) is 0 Å². The van der Waals surface area contributed by atoms with Crippen molar-refractivity contribution in [3.05, 3.63) is 20.3 Å². The van der Waals surface area contributed by atoms with Crippen molar-refractivity contribution in [2.75, 3.05) is 0 Å². The molecular formula is C11H17ClS. The van der Waals surface area contributed by atoms with E-state index < -0.39 is 0 Å². The predicted molar refractivity (Wildman–Crippen MR) is 62.2 cm³/mol. The lowest BCUT2D eigenvalue weighted by Crippen LogP contribution is -1.84. The number of rotatable bonds is 2. The third kappa shape index (κ3) is 2.08. The van der Waals surface area contributed by atoms with Gasteiger partial charge in [-0.3, -0.25) is 0 Å². The zero-order chi connectivity index (χ0) is 10.2. The zero-order valence-electron chi connectivity index (χ0n) is 8.94. The monoisotopic (exact) mass is 216 g/mol. The molecule has 74 valence electrons. The molecule has 0 fully saturated rings. The van der Waals surface area contributed by atoms with Crippen LogP contribution >= 0.6 is 22.9 Å². The van der Waals surface area contributed by atoms with E-state index in [4.69, 9.17) is 11.6 Å². The van der Waals surface area contributed by atoms with Crippen LogP contribution in [0.2, 0.25) is 5.02 Å². The molecule has 0 bridgehead atoms. The quantitative estimate of drug-likeness (QED) is 0.656. The molecule has 0 unspecified atom stereocenters. The normalized spacial score (nSPS) is 11.7. The summed E-state index contributed by atoms with van der Waals surface area (Å²) in [5, 5.41) is 0.990. The van der Waals surface area contributed by atoms with Crippen molar-refractivity contribution in [1.29, 1.82) is 0 Å². The highest BCUT2D eigenvalue weighted by molar-refractivity contribution is 7.13. The SMILES string of the molecule is Cc1c(C(C)C)sc(C(C)C)c1Cl. The maximum Gasteiger partial charge on any atom is 0.0579 e. The molecule has 0 aliphatic heterocycles. The highest BCUT2D eigenvalue weighted by atomic mass is 35.5. The van der Waals surface area contributed by atoms with Crippen LogP contribution in [0.1, 0.15) is 54.8 Å². The van der Waals surface area contributed by atoms with E-state index in [0.29, 0.717) is 11.8 Å². The summed E-state index contributed by atoms with van der Waals surface area (Å²) in [5.74, 6) is 1.14. The van der Waals surface area contributed by atoms with E-state index in [1.807, 2.05) is 11.3 Å². The fraction of sp³-hybridized carbons (Fsp3) is 0.636. The minimum absolute atomic E-state index is 0.545. The second-order valence-electron chi connectivity index (χ2n) is 4.08. The Morgan fingerprint density at radius 3 is 1.69 bits per heavy atom. The highest BCUT2D eigenvalue weighted by Crippen LogP contribution is 2.40. The van der Waals surface area contributed by atoms with Gasteiger partial charge in [0.05, 0.1) is 5.02 Å². The second kappa shape index (κ2) is 4.02. The van der Waals surface area contributed by atoms with E-state index in [2.05, 4.69) is 34.6 Å². The van der Waals surface area contributed by atoms with Crippen LogP contribution in [0.4, 0.5) is 0 Å². The highest BCUT2D eigenvalue weighted by Gasteiger charge is 2.16. The smallest absolute Gasteiger partial charge is 0.0579 e. The van der Waals surface area contributed by atoms with Gasteiger partial charge in [0.15, 0.2) is 0 Å². The van der Waals surface area contributed by atoms with Gasteiger partial charge < -0.3 is 0 Å². The Balaban J connectivity index is 3.20. The molecule has 0 nitrogen and oxygen atoms in total. The van der Waals surface area contributed by atoms with Crippen molar-refractivity contribution in [2.45, 2.75) is 46.5 Å². The summed E-state index contributed by atoms with van der Waals surface area (Å²) in [4.78, 5) is 2.77. The third-order valence-electron chi connectivity index (χ3n) is 2.18. The van der Waals surface area contributed by atoms with E-state index in [-0.39, 0.29) is 0 Å². The van der Waals surface area contributed by atoms with Gasteiger partial charge in [0.25, 0.3) is 0 Å². The minimum Gasteiger partial charge on any atom is -0.143 e. The first-order chi connectivity index (χ1) is 5.95. The van der Waals surface area contributed by atoms with Crippen molar-refractivity contribution in [3.8, 4) is 0 Å². The van der Waals surface area contributed by atoms with E-state index in [0.717, 1.165) is 5.02 Å². The van der Waals surface area contributed by atoms with Crippen molar-refractivity contribution < 1.29 is 0 Å². The molecule has 0 amide bonds. The Hall–Kier alpha value is -0.0100. The van der Waals surface area contributed by atoms with E-state index in [1.165, 1.54) is 15.3 Å². The molecule has 0 N–H and O–H groups in total. The Morgan fingerprint density at radius 1 is 1.00 bits per heavy atom. The topological polar surface area (TPSA) is 0 Å². The van der Waals surface area contributed by atoms with Crippen LogP contribution in [0.15, 0.2) is 0 Å². The molecule has 1 heterocycles. The maximum atomic E-state index is 6.26. The van der Waals surface area contributed by atoms with Crippen molar-refractivity contribution in [2.24, 2.45) is 0 Å². The summed E-state index contributed by atoms with van der Waals surface area (Å²) in [5.41, 5.74) is 1.28. The van der Waals surface area contributed by atoms with Gasteiger partial charge in [-0.05, 0) is 24.3 Å². The molecule has 0 radical (unpaired) electrons. The Bertz CT molecular complexity index is 269. The van der Waals surface area contributed by atoms with Crippen molar-refractivity contribution in [1.82, 2.24) is 0 Å². The van der Waals surface area contributed by atoms with Crippen molar-refractivity contribution in [3.63, 3.8) is 0 Å². The third-order valence-corrected chi connectivity index (χ3v) is 4.68. The average Bonchev–Trinajstić information content (AvgIpc) is 2.29. The fourth-order valence-electron chi connectivity index (χ4n) is 1.45. The summed E-state index contributed by atoms with van der Waals surface area (Å²) in [7, 11) is 0. The lowest BCUT2D eigenvalue weighted by Gasteiger charge is -2.01. The fourth-order valence-corrected chi connectivity index (χ4v) is 3.15. The standard InChI is InChI=1S/C11H17ClS/c1-6(2)10-8(5)9(12)11(13-10)7(3)4/h6-7H,1-5H3. The molecule has 2 heteroatoms. The summed E-state index contributed by atoms with van der Waals surface area (Å²) >= 11 is 8.13. The summed E-state index contributed by atoms with van der Waals surface area (Å²) in [6.45, 7) is 11.0. The number of halogens is 1.